The van der Waals surface area contributed by atoms with Crippen molar-refractivity contribution in [2.75, 3.05) is 38.0 Å². The third-order valence-corrected chi connectivity index (χ3v) is 4.47. The molecule has 138 valence electrons. The molecule has 2 aromatic carbocycles. The van der Waals surface area contributed by atoms with Gasteiger partial charge in [0.05, 0.1) is 13.2 Å². The van der Waals surface area contributed by atoms with Gasteiger partial charge in [0, 0.05) is 61.3 Å². The minimum atomic E-state index is -0.172. The summed E-state index contributed by atoms with van der Waals surface area (Å²) in [6.07, 6.45) is 0. The second-order valence-electron chi connectivity index (χ2n) is 6.23. The van der Waals surface area contributed by atoms with Crippen LogP contribution in [0.1, 0.15) is 16.7 Å². The second kappa shape index (κ2) is 10.9. The Bertz CT molecular complexity index is 720. The van der Waals surface area contributed by atoms with E-state index in [1.165, 1.54) is 0 Å². The Kier molecular flexibility index (Phi) is 8.49. The molecule has 0 aliphatic heterocycles. The van der Waals surface area contributed by atoms with Crippen molar-refractivity contribution < 1.29 is 13.7 Å². The third-order valence-electron chi connectivity index (χ3n) is 3.87. The molecule has 0 bridgehead atoms. The van der Waals surface area contributed by atoms with Gasteiger partial charge in [-0.3, -0.25) is 0 Å². The molecule has 0 saturated carbocycles. The Morgan fingerprint density at radius 2 is 1.62 bits per heavy atom. The highest BCUT2D eigenvalue weighted by atomic mass is 32.2. The van der Waals surface area contributed by atoms with Gasteiger partial charge < -0.3 is 14.7 Å². The Morgan fingerprint density at radius 1 is 1.04 bits per heavy atom. The average molecular weight is 373 g/mol. The van der Waals surface area contributed by atoms with Crippen molar-refractivity contribution >= 4 is 17.8 Å². The highest BCUT2D eigenvalue weighted by molar-refractivity contribution is 7.94. The van der Waals surface area contributed by atoms with Gasteiger partial charge in [0.15, 0.2) is 0 Å². The molecule has 0 fully saturated rings. The number of anilines is 1. The van der Waals surface area contributed by atoms with Crippen LogP contribution in [0.4, 0.5) is 9.57 Å². The van der Waals surface area contributed by atoms with Crippen LogP contribution in [0.15, 0.2) is 48.5 Å². The molecule has 1 N–H and O–H groups in total. The first kappa shape index (κ1) is 20.3. The van der Waals surface area contributed by atoms with Crippen LogP contribution in [0.3, 0.4) is 0 Å². The van der Waals surface area contributed by atoms with Crippen molar-refractivity contribution in [3.05, 3.63) is 65.2 Å². The fraction of sp³-hybridized carbons (Fsp3) is 0.333. The summed E-state index contributed by atoms with van der Waals surface area (Å²) in [5.41, 5.74) is 4.08. The number of hydrogen-bond acceptors (Lipinski definition) is 4. The zero-order valence-corrected chi connectivity index (χ0v) is 15.9. The highest BCUT2D eigenvalue weighted by Gasteiger charge is 2.08. The molecule has 5 heteroatoms. The van der Waals surface area contributed by atoms with Crippen LogP contribution < -0.4 is 4.90 Å². The van der Waals surface area contributed by atoms with E-state index >= 15 is 0 Å². The van der Waals surface area contributed by atoms with Crippen molar-refractivity contribution in [2.45, 2.75) is 6.61 Å². The number of nitrogens with zero attached hydrogens (tertiary/aromatic N) is 1. The summed E-state index contributed by atoms with van der Waals surface area (Å²) in [5.74, 6) is 6.39. The van der Waals surface area contributed by atoms with Crippen molar-refractivity contribution in [3.63, 3.8) is 0 Å². The molecule has 2 rings (SSSR count). The number of hydrogen-bond donors (Lipinski definition) is 1. The fourth-order valence-electron chi connectivity index (χ4n) is 2.26. The molecule has 0 amide bonds. The largest absolute Gasteiger partial charge is 0.396 e. The number of ether oxygens (including phenoxy) is 1. The molecular formula is C21H24FNO2S. The van der Waals surface area contributed by atoms with Crippen LogP contribution in [-0.2, 0) is 11.3 Å². The van der Waals surface area contributed by atoms with E-state index in [9.17, 15) is 3.89 Å². The lowest BCUT2D eigenvalue weighted by Crippen LogP contribution is -2.16. The van der Waals surface area contributed by atoms with E-state index in [0.717, 1.165) is 22.4 Å². The Balaban J connectivity index is 1.87. The summed E-state index contributed by atoms with van der Waals surface area (Å²) >= 11 is 0.231. The van der Waals surface area contributed by atoms with E-state index in [0.29, 0.717) is 13.2 Å². The van der Waals surface area contributed by atoms with E-state index in [1.54, 1.807) is 0 Å². The average Bonchev–Trinajstić information content (AvgIpc) is 2.67. The van der Waals surface area contributed by atoms with Gasteiger partial charge in [0.1, 0.15) is 0 Å². The summed E-state index contributed by atoms with van der Waals surface area (Å²) in [4.78, 5) is 2.05. The second-order valence-corrected chi connectivity index (χ2v) is 6.78. The third kappa shape index (κ3) is 6.72. The molecule has 0 aliphatic carbocycles. The lowest BCUT2D eigenvalue weighted by atomic mass is 10.1. The van der Waals surface area contributed by atoms with Crippen LogP contribution in [0, 0.1) is 17.8 Å². The molecule has 3 nitrogen and oxygen atoms in total. The molecule has 0 radical (unpaired) electrons. The molecule has 0 aromatic heterocycles. The van der Waals surface area contributed by atoms with Crippen molar-refractivity contribution in [1.29, 1.82) is 0 Å². The Labute approximate surface area is 159 Å². The van der Waals surface area contributed by atoms with Gasteiger partial charge in [0.2, 0.25) is 0 Å². The van der Waals surface area contributed by atoms with Crippen LogP contribution >= 0.6 is 12.1 Å². The van der Waals surface area contributed by atoms with E-state index < -0.39 is 0 Å². The lowest BCUT2D eigenvalue weighted by Gasteiger charge is -2.12. The molecule has 0 heterocycles. The molecule has 0 saturated heterocycles. The maximum absolute atomic E-state index is 12.2. The van der Waals surface area contributed by atoms with Crippen LogP contribution in [0.5, 0.6) is 0 Å². The van der Waals surface area contributed by atoms with Crippen LogP contribution in [0.25, 0.3) is 0 Å². The number of halogens is 1. The SMILES string of the molecule is CN(C)c1ccc(C#Cc2ccc(COCC(CO)CSF)cc2)cc1. The van der Waals surface area contributed by atoms with Gasteiger partial charge in [0.25, 0.3) is 0 Å². The first-order chi connectivity index (χ1) is 12.6. The fourth-order valence-corrected chi connectivity index (χ4v) is 2.64. The zero-order valence-electron chi connectivity index (χ0n) is 15.1. The maximum Gasteiger partial charge on any atom is 0.0717 e. The predicted octanol–water partition coefficient (Wildman–Crippen LogP) is 3.90. The summed E-state index contributed by atoms with van der Waals surface area (Å²) in [7, 11) is 4.02. The summed E-state index contributed by atoms with van der Waals surface area (Å²) < 4.78 is 17.8. The van der Waals surface area contributed by atoms with Gasteiger partial charge >= 0.3 is 0 Å². The van der Waals surface area contributed by atoms with Crippen molar-refractivity contribution in [2.24, 2.45) is 5.92 Å². The van der Waals surface area contributed by atoms with Gasteiger partial charge in [-0.15, -0.1) is 0 Å². The van der Waals surface area contributed by atoms with Gasteiger partial charge in [-0.05, 0) is 42.0 Å². The standard InChI is InChI=1S/C21H24FNO2S/c1-23(2)21-11-9-18(10-12-21)4-3-17-5-7-19(8-6-17)14-25-15-20(13-24)16-26-22/h5-12,20,24H,13-16H2,1-2H3. The first-order valence-electron chi connectivity index (χ1n) is 8.43. The molecule has 1 atom stereocenters. The van der Waals surface area contributed by atoms with E-state index in [4.69, 9.17) is 9.84 Å². The van der Waals surface area contributed by atoms with Crippen LogP contribution in [0.2, 0.25) is 0 Å². The van der Waals surface area contributed by atoms with Crippen LogP contribution in [-0.4, -0.2) is 38.2 Å². The lowest BCUT2D eigenvalue weighted by molar-refractivity contribution is 0.0711. The van der Waals surface area contributed by atoms with E-state index in [1.807, 2.05) is 62.6 Å². The summed E-state index contributed by atoms with van der Waals surface area (Å²) in [6.45, 7) is 0.714. The normalized spacial score (nSPS) is 11.5. The predicted molar refractivity (Wildman–Crippen MR) is 107 cm³/mol. The minimum absolute atomic E-state index is 0.0685. The Morgan fingerprint density at radius 3 is 2.12 bits per heavy atom. The zero-order chi connectivity index (χ0) is 18.8. The monoisotopic (exact) mass is 373 g/mol. The van der Waals surface area contributed by atoms with Gasteiger partial charge in [-0.2, -0.15) is 3.89 Å². The van der Waals surface area contributed by atoms with Gasteiger partial charge in [-0.25, -0.2) is 0 Å². The number of benzene rings is 2. The molecule has 26 heavy (non-hydrogen) atoms. The van der Waals surface area contributed by atoms with E-state index in [-0.39, 0.29) is 30.4 Å². The van der Waals surface area contributed by atoms with Gasteiger partial charge in [-0.1, -0.05) is 24.0 Å². The van der Waals surface area contributed by atoms with Crippen molar-refractivity contribution in [3.8, 4) is 11.8 Å². The molecule has 2 aromatic rings. The molecule has 0 aliphatic rings. The number of aliphatic hydroxyl groups is 1. The Hall–Kier alpha value is -2.00. The molecule has 0 spiro atoms. The maximum atomic E-state index is 12.2. The highest BCUT2D eigenvalue weighted by Crippen LogP contribution is 2.13. The van der Waals surface area contributed by atoms with Crippen molar-refractivity contribution in [1.82, 2.24) is 0 Å². The topological polar surface area (TPSA) is 32.7 Å². The smallest absolute Gasteiger partial charge is 0.0717 e. The summed E-state index contributed by atoms with van der Waals surface area (Å²) in [6, 6.07) is 16.0. The number of rotatable bonds is 8. The summed E-state index contributed by atoms with van der Waals surface area (Å²) in [5, 5.41) is 9.11. The minimum Gasteiger partial charge on any atom is -0.396 e. The van der Waals surface area contributed by atoms with E-state index in [2.05, 4.69) is 16.7 Å². The molecular weight excluding hydrogens is 349 g/mol. The quantitative estimate of drug-likeness (QED) is 0.712. The number of aliphatic hydroxyl groups excluding tert-OH is 1. The molecule has 1 unspecified atom stereocenters. The first-order valence-corrected chi connectivity index (χ1v) is 9.31.